The summed E-state index contributed by atoms with van der Waals surface area (Å²) in [5, 5.41) is 21.1. The predicted molar refractivity (Wildman–Crippen MR) is 92.4 cm³/mol. The third kappa shape index (κ3) is 4.66. The van der Waals surface area contributed by atoms with Crippen molar-refractivity contribution in [2.24, 2.45) is 0 Å². The first-order valence-electron chi connectivity index (χ1n) is 8.73. The van der Waals surface area contributed by atoms with Crippen LogP contribution < -0.4 is 0 Å². The van der Waals surface area contributed by atoms with Gasteiger partial charge < -0.3 is 15.1 Å². The molecular weight excluding hydrogens is 362 g/mol. The molecule has 0 unspecified atom stereocenters. The van der Waals surface area contributed by atoms with Gasteiger partial charge in [-0.05, 0) is 48.2 Å². The van der Waals surface area contributed by atoms with Crippen molar-refractivity contribution < 1.29 is 27.8 Å². The SMILES string of the molecule is O[C@H](CN1CCC(O)(c2cccc(C(F)(F)F)c2)CC1)c1ccc(F)cc1. The van der Waals surface area contributed by atoms with Gasteiger partial charge in [0.1, 0.15) is 5.82 Å². The van der Waals surface area contributed by atoms with Gasteiger partial charge >= 0.3 is 6.18 Å². The van der Waals surface area contributed by atoms with E-state index in [9.17, 15) is 27.8 Å². The lowest BCUT2D eigenvalue weighted by atomic mass is 9.83. The summed E-state index contributed by atoms with van der Waals surface area (Å²) in [7, 11) is 0. The van der Waals surface area contributed by atoms with E-state index < -0.39 is 23.4 Å². The standard InChI is InChI=1S/C20H21F4NO2/c21-17-6-4-14(5-7-17)18(26)13-25-10-8-19(27,9-11-25)15-2-1-3-16(12-15)20(22,23)24/h1-7,12,18,26-27H,8-11,13H2/t18-/m1/s1. The summed E-state index contributed by atoms with van der Waals surface area (Å²) in [6.07, 6.45) is -4.72. The van der Waals surface area contributed by atoms with E-state index in [4.69, 9.17) is 0 Å². The summed E-state index contributed by atoms with van der Waals surface area (Å²) < 4.78 is 51.7. The quantitative estimate of drug-likeness (QED) is 0.788. The smallest absolute Gasteiger partial charge is 0.387 e. The first kappa shape index (κ1) is 19.8. The Morgan fingerprint density at radius 3 is 2.26 bits per heavy atom. The minimum atomic E-state index is -4.45. The van der Waals surface area contributed by atoms with Gasteiger partial charge in [0.05, 0.1) is 17.3 Å². The number of likely N-dealkylation sites (tertiary alicyclic amines) is 1. The maximum absolute atomic E-state index is 13.0. The summed E-state index contributed by atoms with van der Waals surface area (Å²) >= 11 is 0. The fourth-order valence-corrected chi connectivity index (χ4v) is 3.41. The molecule has 0 radical (unpaired) electrons. The van der Waals surface area contributed by atoms with Crippen molar-refractivity contribution in [3.05, 3.63) is 71.0 Å². The zero-order chi connectivity index (χ0) is 19.7. The molecule has 0 aromatic heterocycles. The lowest BCUT2D eigenvalue weighted by molar-refractivity contribution is -0.137. The number of hydrogen-bond donors (Lipinski definition) is 2. The van der Waals surface area contributed by atoms with Crippen LogP contribution in [0.1, 0.15) is 35.6 Å². The molecule has 0 spiro atoms. The second-order valence-electron chi connectivity index (χ2n) is 6.98. The van der Waals surface area contributed by atoms with Gasteiger partial charge in [-0.2, -0.15) is 13.2 Å². The molecule has 0 aliphatic carbocycles. The molecule has 0 saturated carbocycles. The molecule has 2 aromatic carbocycles. The largest absolute Gasteiger partial charge is 0.416 e. The van der Waals surface area contributed by atoms with E-state index in [-0.39, 0.29) is 24.2 Å². The Labute approximate surface area is 154 Å². The molecule has 1 aliphatic rings. The van der Waals surface area contributed by atoms with Crippen LogP contribution in [0.4, 0.5) is 17.6 Å². The van der Waals surface area contributed by atoms with E-state index in [1.54, 1.807) is 0 Å². The van der Waals surface area contributed by atoms with Gasteiger partial charge in [0.25, 0.3) is 0 Å². The fourth-order valence-electron chi connectivity index (χ4n) is 3.41. The van der Waals surface area contributed by atoms with Gasteiger partial charge in [-0.1, -0.05) is 24.3 Å². The van der Waals surface area contributed by atoms with Crippen LogP contribution in [0.25, 0.3) is 0 Å². The Bertz CT molecular complexity index is 768. The van der Waals surface area contributed by atoms with Crippen LogP contribution in [0.15, 0.2) is 48.5 Å². The van der Waals surface area contributed by atoms with Crippen LogP contribution in [0.3, 0.4) is 0 Å². The maximum Gasteiger partial charge on any atom is 0.416 e. The Kier molecular flexibility index (Phi) is 5.55. The highest BCUT2D eigenvalue weighted by Gasteiger charge is 2.37. The molecule has 1 aliphatic heterocycles. The monoisotopic (exact) mass is 383 g/mol. The van der Waals surface area contributed by atoms with E-state index in [0.717, 1.165) is 12.1 Å². The van der Waals surface area contributed by atoms with Crippen LogP contribution in [-0.4, -0.2) is 34.7 Å². The molecule has 3 rings (SSSR count). The van der Waals surface area contributed by atoms with Crippen LogP contribution in [0.5, 0.6) is 0 Å². The molecule has 146 valence electrons. The van der Waals surface area contributed by atoms with E-state index in [0.29, 0.717) is 25.2 Å². The average molecular weight is 383 g/mol. The molecule has 27 heavy (non-hydrogen) atoms. The number of hydrogen-bond acceptors (Lipinski definition) is 3. The Balaban J connectivity index is 1.63. The molecule has 1 atom stereocenters. The first-order valence-corrected chi connectivity index (χ1v) is 8.73. The number of aliphatic hydroxyl groups excluding tert-OH is 1. The number of rotatable bonds is 4. The van der Waals surface area contributed by atoms with E-state index in [1.165, 1.54) is 36.4 Å². The minimum Gasteiger partial charge on any atom is -0.387 e. The highest BCUT2D eigenvalue weighted by Crippen LogP contribution is 2.37. The molecule has 2 N–H and O–H groups in total. The van der Waals surface area contributed by atoms with Crippen LogP contribution >= 0.6 is 0 Å². The van der Waals surface area contributed by atoms with Gasteiger partial charge in [0.15, 0.2) is 0 Å². The second kappa shape index (κ2) is 7.58. The number of benzene rings is 2. The third-order valence-corrected chi connectivity index (χ3v) is 5.10. The zero-order valence-electron chi connectivity index (χ0n) is 14.6. The lowest BCUT2D eigenvalue weighted by Crippen LogP contribution is -2.44. The number of β-amino-alcohol motifs (C(OH)–C–C–N with tert-alkyl or cyclic N) is 1. The fraction of sp³-hybridized carbons (Fsp3) is 0.400. The molecule has 1 heterocycles. The molecule has 7 heteroatoms. The van der Waals surface area contributed by atoms with Gasteiger partial charge in [-0.25, -0.2) is 4.39 Å². The molecule has 0 amide bonds. The topological polar surface area (TPSA) is 43.7 Å². The average Bonchev–Trinajstić information content (AvgIpc) is 2.64. The highest BCUT2D eigenvalue weighted by atomic mass is 19.4. The molecule has 0 bridgehead atoms. The van der Waals surface area contributed by atoms with Crippen molar-refractivity contribution in [1.29, 1.82) is 0 Å². The van der Waals surface area contributed by atoms with Gasteiger partial charge in [-0.15, -0.1) is 0 Å². The van der Waals surface area contributed by atoms with Crippen molar-refractivity contribution in [2.75, 3.05) is 19.6 Å². The normalized spacial score (nSPS) is 19.0. The van der Waals surface area contributed by atoms with Gasteiger partial charge in [-0.3, -0.25) is 0 Å². The number of alkyl halides is 3. The van der Waals surface area contributed by atoms with E-state index in [2.05, 4.69) is 0 Å². The number of nitrogens with zero attached hydrogens (tertiary/aromatic N) is 1. The number of piperidine rings is 1. The summed E-state index contributed by atoms with van der Waals surface area (Å²) in [4.78, 5) is 1.94. The molecular formula is C20H21F4NO2. The maximum atomic E-state index is 13.0. The van der Waals surface area contributed by atoms with Crippen molar-refractivity contribution in [2.45, 2.75) is 30.7 Å². The Hall–Kier alpha value is -1.96. The van der Waals surface area contributed by atoms with Gasteiger partial charge in [0.2, 0.25) is 0 Å². The van der Waals surface area contributed by atoms with Crippen molar-refractivity contribution >= 4 is 0 Å². The molecule has 3 nitrogen and oxygen atoms in total. The Morgan fingerprint density at radius 1 is 1.04 bits per heavy atom. The summed E-state index contributed by atoms with van der Waals surface area (Å²) in [6, 6.07) is 10.4. The Morgan fingerprint density at radius 2 is 1.67 bits per heavy atom. The van der Waals surface area contributed by atoms with Crippen LogP contribution in [0.2, 0.25) is 0 Å². The predicted octanol–water partition coefficient (Wildman–Crippen LogP) is 3.86. The lowest BCUT2D eigenvalue weighted by Gasteiger charge is -2.39. The number of aliphatic hydroxyl groups is 2. The third-order valence-electron chi connectivity index (χ3n) is 5.10. The molecule has 1 fully saturated rings. The van der Waals surface area contributed by atoms with E-state index >= 15 is 0 Å². The van der Waals surface area contributed by atoms with Crippen molar-refractivity contribution in [1.82, 2.24) is 4.90 Å². The molecule has 1 saturated heterocycles. The minimum absolute atomic E-state index is 0.260. The van der Waals surface area contributed by atoms with Crippen molar-refractivity contribution in [3.63, 3.8) is 0 Å². The second-order valence-corrected chi connectivity index (χ2v) is 6.98. The molecule has 2 aromatic rings. The highest BCUT2D eigenvalue weighted by molar-refractivity contribution is 5.30. The van der Waals surface area contributed by atoms with Gasteiger partial charge in [0, 0.05) is 19.6 Å². The summed E-state index contributed by atoms with van der Waals surface area (Å²) in [5.41, 5.74) is -1.24. The summed E-state index contributed by atoms with van der Waals surface area (Å²) in [6.45, 7) is 1.18. The van der Waals surface area contributed by atoms with Crippen LogP contribution in [-0.2, 0) is 11.8 Å². The summed E-state index contributed by atoms with van der Waals surface area (Å²) in [5.74, 6) is -0.380. The first-order chi connectivity index (χ1) is 12.7. The number of halogens is 4. The van der Waals surface area contributed by atoms with Crippen molar-refractivity contribution in [3.8, 4) is 0 Å². The zero-order valence-corrected chi connectivity index (χ0v) is 14.6. The van der Waals surface area contributed by atoms with E-state index in [1.807, 2.05) is 4.90 Å². The van der Waals surface area contributed by atoms with Crippen LogP contribution in [0, 0.1) is 5.82 Å².